The number of esters is 1. The molecule has 0 bridgehead atoms. The van der Waals surface area contributed by atoms with Crippen LogP contribution >= 0.6 is 11.8 Å². The number of benzene rings is 2. The summed E-state index contributed by atoms with van der Waals surface area (Å²) < 4.78 is 70.2. The van der Waals surface area contributed by atoms with Crippen molar-refractivity contribution in [3.8, 4) is 11.1 Å². The molecule has 1 unspecified atom stereocenters. The van der Waals surface area contributed by atoms with Crippen LogP contribution in [0.3, 0.4) is 0 Å². The van der Waals surface area contributed by atoms with Gasteiger partial charge in [-0.2, -0.15) is 13.2 Å². The third-order valence-corrected chi connectivity index (χ3v) is 7.51. The molecule has 2 aromatic rings. The van der Waals surface area contributed by atoms with E-state index < -0.39 is 34.3 Å². The van der Waals surface area contributed by atoms with E-state index in [4.69, 9.17) is 4.74 Å². The Morgan fingerprint density at radius 2 is 1.79 bits per heavy atom. The van der Waals surface area contributed by atoms with Gasteiger partial charge in [0.1, 0.15) is 11.7 Å². The highest BCUT2D eigenvalue weighted by Crippen LogP contribution is 2.34. The SMILES string of the molecule is CCC(CCC(=O)OCSC)/C(=C\C(=NC)C(F)(F)F)c1ccc(-c2ccc(CO)c(S(C)(=O)=O)c2)cc1. The molecule has 0 saturated heterocycles. The first-order chi connectivity index (χ1) is 17.8. The van der Waals surface area contributed by atoms with E-state index >= 15 is 0 Å². The molecule has 6 nitrogen and oxygen atoms in total. The fourth-order valence-electron chi connectivity index (χ4n) is 3.99. The second kappa shape index (κ2) is 14.0. The first-order valence-corrected chi connectivity index (χ1v) is 15.1. The zero-order valence-corrected chi connectivity index (χ0v) is 23.3. The van der Waals surface area contributed by atoms with Crippen molar-refractivity contribution in [2.75, 3.05) is 25.5 Å². The minimum absolute atomic E-state index is 0.00976. The summed E-state index contributed by atoms with van der Waals surface area (Å²) >= 11 is 1.35. The van der Waals surface area contributed by atoms with Crippen molar-refractivity contribution in [1.82, 2.24) is 0 Å². The predicted octanol–water partition coefficient (Wildman–Crippen LogP) is 5.94. The van der Waals surface area contributed by atoms with Crippen LogP contribution in [0.25, 0.3) is 16.7 Å². The Labute approximate surface area is 225 Å². The maximum absolute atomic E-state index is 13.6. The first-order valence-electron chi connectivity index (χ1n) is 11.8. The number of allylic oxidation sites excluding steroid dienone is 2. The highest BCUT2D eigenvalue weighted by Gasteiger charge is 2.34. The van der Waals surface area contributed by atoms with Crippen LogP contribution in [0.5, 0.6) is 0 Å². The van der Waals surface area contributed by atoms with Crippen molar-refractivity contribution in [2.24, 2.45) is 10.9 Å². The number of aliphatic imine (C=N–C) groups is 1. The zero-order valence-electron chi connectivity index (χ0n) is 21.7. The molecule has 0 saturated carbocycles. The van der Waals surface area contributed by atoms with Crippen LogP contribution in [-0.2, 0) is 26.0 Å². The number of hydrogen-bond acceptors (Lipinski definition) is 7. The predicted molar refractivity (Wildman–Crippen MR) is 146 cm³/mol. The average Bonchev–Trinajstić information content (AvgIpc) is 2.87. The molecule has 0 aromatic heterocycles. The molecule has 0 aliphatic carbocycles. The summed E-state index contributed by atoms with van der Waals surface area (Å²) in [6, 6.07) is 11.4. The molecule has 0 fully saturated rings. The summed E-state index contributed by atoms with van der Waals surface area (Å²) in [6.07, 6.45) is 0.0644. The number of hydrogen-bond donors (Lipinski definition) is 1. The summed E-state index contributed by atoms with van der Waals surface area (Å²) in [5.41, 5.74) is 1.39. The smallest absolute Gasteiger partial charge is 0.432 e. The summed E-state index contributed by atoms with van der Waals surface area (Å²) in [6.45, 7) is 1.41. The van der Waals surface area contributed by atoms with Crippen LogP contribution in [-0.4, -0.2) is 56.9 Å². The number of thioether (sulfide) groups is 1. The molecule has 0 aliphatic rings. The molecule has 11 heteroatoms. The van der Waals surface area contributed by atoms with Gasteiger partial charge in [0.2, 0.25) is 0 Å². The Morgan fingerprint density at radius 3 is 2.29 bits per heavy atom. The highest BCUT2D eigenvalue weighted by atomic mass is 32.2. The number of sulfone groups is 1. The maximum Gasteiger partial charge on any atom is 0.432 e. The van der Waals surface area contributed by atoms with Gasteiger partial charge in [0, 0.05) is 19.7 Å². The number of carbonyl (C=O) groups excluding carboxylic acids is 1. The molecule has 208 valence electrons. The van der Waals surface area contributed by atoms with E-state index in [1.165, 1.54) is 23.9 Å². The lowest BCUT2D eigenvalue weighted by atomic mass is 9.85. The number of rotatable bonds is 12. The molecule has 1 atom stereocenters. The van der Waals surface area contributed by atoms with Crippen LogP contribution in [0, 0.1) is 5.92 Å². The van der Waals surface area contributed by atoms with E-state index in [0.717, 1.165) is 19.4 Å². The normalized spacial score (nSPS) is 13.9. The third-order valence-electron chi connectivity index (χ3n) is 5.98. The van der Waals surface area contributed by atoms with Crippen LogP contribution in [0.2, 0.25) is 0 Å². The first kappa shape index (κ1) is 31.6. The third kappa shape index (κ3) is 8.71. The van der Waals surface area contributed by atoms with Crippen LogP contribution < -0.4 is 0 Å². The minimum Gasteiger partial charge on any atom is -0.455 e. The number of halogens is 3. The van der Waals surface area contributed by atoms with Crippen molar-refractivity contribution in [1.29, 1.82) is 0 Å². The maximum atomic E-state index is 13.6. The number of aliphatic hydroxyl groups excluding tert-OH is 1. The van der Waals surface area contributed by atoms with Crippen molar-refractivity contribution >= 4 is 38.9 Å². The van der Waals surface area contributed by atoms with Gasteiger partial charge < -0.3 is 9.84 Å². The van der Waals surface area contributed by atoms with Gasteiger partial charge in [0.05, 0.1) is 11.5 Å². The summed E-state index contributed by atoms with van der Waals surface area (Å²) in [4.78, 5) is 15.5. The van der Waals surface area contributed by atoms with Gasteiger partial charge in [-0.3, -0.25) is 9.79 Å². The lowest BCUT2D eigenvalue weighted by Crippen LogP contribution is -2.22. The van der Waals surface area contributed by atoms with Gasteiger partial charge in [-0.1, -0.05) is 43.3 Å². The molecular formula is C27H32F3NO5S2. The molecule has 0 heterocycles. The van der Waals surface area contributed by atoms with Gasteiger partial charge in [0.15, 0.2) is 9.84 Å². The number of nitrogens with zero attached hydrogens (tertiary/aromatic N) is 1. The van der Waals surface area contributed by atoms with Crippen LogP contribution in [0.15, 0.2) is 58.4 Å². The number of aliphatic hydroxyl groups is 1. The molecule has 2 rings (SSSR count). The second-order valence-corrected chi connectivity index (χ2v) is 11.4. The van der Waals surface area contributed by atoms with E-state index in [-0.39, 0.29) is 28.7 Å². The molecule has 0 spiro atoms. The quantitative estimate of drug-likeness (QED) is 0.193. The fraction of sp³-hybridized carbons (Fsp3) is 0.407. The van der Waals surface area contributed by atoms with Gasteiger partial charge in [-0.05, 0) is 65.0 Å². The van der Waals surface area contributed by atoms with E-state index in [1.807, 2.05) is 6.92 Å². The Balaban J connectivity index is 2.50. The Kier molecular flexibility index (Phi) is 11.6. The molecule has 0 amide bonds. The summed E-state index contributed by atoms with van der Waals surface area (Å²) in [5.74, 6) is -0.580. The summed E-state index contributed by atoms with van der Waals surface area (Å²) in [5, 5.41) is 9.50. The molecule has 1 N–H and O–H groups in total. The fourth-order valence-corrected chi connectivity index (χ4v) is 5.19. The largest absolute Gasteiger partial charge is 0.455 e. The van der Waals surface area contributed by atoms with E-state index in [9.17, 15) is 31.5 Å². The van der Waals surface area contributed by atoms with E-state index in [1.54, 1.807) is 36.6 Å². The van der Waals surface area contributed by atoms with Gasteiger partial charge >= 0.3 is 12.1 Å². The number of alkyl halides is 3. The summed E-state index contributed by atoms with van der Waals surface area (Å²) in [7, 11) is -2.51. The van der Waals surface area contributed by atoms with Crippen LogP contribution in [0.1, 0.15) is 37.3 Å². The van der Waals surface area contributed by atoms with Crippen molar-refractivity contribution in [2.45, 2.75) is 43.9 Å². The molecule has 2 aromatic carbocycles. The Hall–Kier alpha value is -2.63. The van der Waals surface area contributed by atoms with Crippen molar-refractivity contribution < 1.29 is 36.2 Å². The zero-order chi connectivity index (χ0) is 28.5. The Bertz CT molecular complexity index is 1270. The average molecular weight is 572 g/mol. The van der Waals surface area contributed by atoms with E-state index in [2.05, 4.69) is 4.99 Å². The number of ether oxygens (including phenoxy) is 1. The highest BCUT2D eigenvalue weighted by molar-refractivity contribution is 7.98. The van der Waals surface area contributed by atoms with Gasteiger partial charge in [-0.25, -0.2) is 8.42 Å². The van der Waals surface area contributed by atoms with E-state index in [0.29, 0.717) is 35.1 Å². The van der Waals surface area contributed by atoms with Crippen LogP contribution in [0.4, 0.5) is 13.2 Å². The minimum atomic E-state index is -4.65. The molecule has 0 radical (unpaired) electrons. The monoisotopic (exact) mass is 571 g/mol. The second-order valence-electron chi connectivity index (χ2n) is 8.60. The topological polar surface area (TPSA) is 93.0 Å². The lowest BCUT2D eigenvalue weighted by Gasteiger charge is -2.21. The number of carbonyl (C=O) groups is 1. The van der Waals surface area contributed by atoms with Gasteiger partial charge in [-0.15, -0.1) is 11.8 Å². The molecule has 38 heavy (non-hydrogen) atoms. The van der Waals surface area contributed by atoms with Crippen molar-refractivity contribution in [3.05, 3.63) is 59.7 Å². The molecular weight excluding hydrogens is 539 g/mol. The Morgan fingerprint density at radius 1 is 1.16 bits per heavy atom. The lowest BCUT2D eigenvalue weighted by molar-refractivity contribution is -0.141. The standard InChI is InChI=1S/C27H32F3NO5S2/c1-5-18(12-13-26(33)36-17-37-3)23(15-25(31-2)27(28,29)30)20-8-6-19(7-9-20)21-10-11-22(16-32)24(14-21)38(4,34)35/h6-11,14-15,18,32H,5,12-13,16-17H2,1-4H3/b23-15+,31-25?. The van der Waals surface area contributed by atoms with Gasteiger partial charge in [0.25, 0.3) is 0 Å². The van der Waals surface area contributed by atoms with Crippen molar-refractivity contribution in [3.63, 3.8) is 0 Å². The molecule has 0 aliphatic heterocycles.